The second kappa shape index (κ2) is 5.48. The zero-order chi connectivity index (χ0) is 13.0. The second-order valence-electron chi connectivity index (χ2n) is 5.17. The average Bonchev–Trinajstić information content (AvgIpc) is 2.76. The molecule has 18 heavy (non-hydrogen) atoms. The minimum Gasteiger partial charge on any atom is -0.355 e. The summed E-state index contributed by atoms with van der Waals surface area (Å²) in [6.07, 6.45) is 4.20. The number of aromatic nitrogens is 3. The molecule has 1 saturated heterocycles. The lowest BCUT2D eigenvalue weighted by Gasteiger charge is -2.32. The number of aryl methyl sites for hydroxylation is 1. The largest absolute Gasteiger partial charge is 0.355 e. The zero-order valence-corrected chi connectivity index (χ0v) is 11.1. The van der Waals surface area contributed by atoms with Crippen LogP contribution in [0.1, 0.15) is 25.6 Å². The van der Waals surface area contributed by atoms with Crippen LogP contribution in [-0.4, -0.2) is 40.3 Å². The Morgan fingerprint density at radius 1 is 1.56 bits per heavy atom. The van der Waals surface area contributed by atoms with Gasteiger partial charge in [0.25, 0.3) is 0 Å². The van der Waals surface area contributed by atoms with Gasteiger partial charge >= 0.3 is 0 Å². The summed E-state index contributed by atoms with van der Waals surface area (Å²) >= 11 is 0. The van der Waals surface area contributed by atoms with Gasteiger partial charge in [0, 0.05) is 25.4 Å². The van der Waals surface area contributed by atoms with Crippen LogP contribution in [0.5, 0.6) is 0 Å². The predicted octanol–water partition coefficient (Wildman–Crippen LogP) is -0.136. The quantitative estimate of drug-likeness (QED) is 0.781. The molecule has 1 amide bonds. The van der Waals surface area contributed by atoms with Gasteiger partial charge in [-0.05, 0) is 25.9 Å². The van der Waals surface area contributed by atoms with Crippen LogP contribution in [0.3, 0.4) is 0 Å². The molecule has 0 radical (unpaired) electrons. The van der Waals surface area contributed by atoms with Gasteiger partial charge in [0.15, 0.2) is 0 Å². The summed E-state index contributed by atoms with van der Waals surface area (Å²) in [4.78, 5) is 12.2. The molecule has 1 aromatic rings. The van der Waals surface area contributed by atoms with E-state index in [1.165, 1.54) is 0 Å². The van der Waals surface area contributed by atoms with Gasteiger partial charge < -0.3 is 15.2 Å². The molecule has 0 aliphatic carbocycles. The van der Waals surface area contributed by atoms with Crippen molar-refractivity contribution in [3.05, 3.63) is 12.2 Å². The fraction of sp³-hybridized carbons (Fsp3) is 0.750. The van der Waals surface area contributed by atoms with E-state index in [1.54, 1.807) is 6.33 Å². The van der Waals surface area contributed by atoms with Crippen molar-refractivity contribution in [1.82, 2.24) is 25.4 Å². The molecule has 0 aromatic carbocycles. The number of amides is 1. The van der Waals surface area contributed by atoms with Crippen molar-refractivity contribution in [2.45, 2.75) is 26.2 Å². The first kappa shape index (κ1) is 13.0. The summed E-state index contributed by atoms with van der Waals surface area (Å²) in [6, 6.07) is 0. The summed E-state index contributed by atoms with van der Waals surface area (Å²) in [5.74, 6) is 1.05. The second-order valence-corrected chi connectivity index (χ2v) is 5.17. The van der Waals surface area contributed by atoms with Gasteiger partial charge in [0.2, 0.25) is 5.91 Å². The van der Waals surface area contributed by atoms with Gasteiger partial charge in [-0.3, -0.25) is 4.79 Å². The molecule has 0 atom stereocenters. The van der Waals surface area contributed by atoms with E-state index in [1.807, 2.05) is 18.5 Å². The number of carbonyl (C=O) groups is 1. The molecular formula is C12H21N5O. The Morgan fingerprint density at radius 3 is 2.89 bits per heavy atom. The van der Waals surface area contributed by atoms with E-state index in [4.69, 9.17) is 0 Å². The van der Waals surface area contributed by atoms with Crippen molar-refractivity contribution in [3.63, 3.8) is 0 Å². The Labute approximate surface area is 107 Å². The number of hydrogen-bond donors (Lipinski definition) is 2. The molecule has 1 aliphatic heterocycles. The molecule has 1 aliphatic rings. The molecule has 2 N–H and O–H groups in total. The Balaban J connectivity index is 1.79. The van der Waals surface area contributed by atoms with E-state index >= 15 is 0 Å². The van der Waals surface area contributed by atoms with E-state index < -0.39 is 0 Å². The predicted molar refractivity (Wildman–Crippen MR) is 67.9 cm³/mol. The van der Waals surface area contributed by atoms with Gasteiger partial charge in [-0.2, -0.15) is 0 Å². The highest BCUT2D eigenvalue weighted by molar-refractivity contribution is 5.82. The van der Waals surface area contributed by atoms with Crippen LogP contribution in [0, 0.1) is 5.41 Å². The summed E-state index contributed by atoms with van der Waals surface area (Å²) in [5, 5.41) is 14.1. The topological polar surface area (TPSA) is 71.8 Å². The molecule has 0 saturated carbocycles. The maximum absolute atomic E-state index is 12.2. The highest BCUT2D eigenvalue weighted by atomic mass is 16.2. The van der Waals surface area contributed by atoms with Crippen LogP contribution in [-0.2, 0) is 18.3 Å². The Bertz CT molecular complexity index is 408. The van der Waals surface area contributed by atoms with Crippen molar-refractivity contribution in [2.75, 3.05) is 19.6 Å². The van der Waals surface area contributed by atoms with Gasteiger partial charge in [0.1, 0.15) is 12.2 Å². The molecule has 2 heterocycles. The highest BCUT2D eigenvalue weighted by Crippen LogP contribution is 2.27. The first-order chi connectivity index (χ1) is 8.62. The molecule has 1 fully saturated rings. The van der Waals surface area contributed by atoms with E-state index in [0.29, 0.717) is 6.54 Å². The average molecular weight is 251 g/mol. The Morgan fingerprint density at radius 2 is 2.28 bits per heavy atom. The van der Waals surface area contributed by atoms with E-state index in [2.05, 4.69) is 20.8 Å². The monoisotopic (exact) mass is 251 g/mol. The van der Waals surface area contributed by atoms with Crippen LogP contribution in [0.2, 0.25) is 0 Å². The number of nitrogens with one attached hydrogen (secondary N) is 2. The third-order valence-electron chi connectivity index (χ3n) is 3.69. The standard InChI is InChI=1S/C12H21N5O/c1-12(4-7-13-8-5-12)11(18)14-6-3-10-16-15-9-17(10)2/h9,13H,3-8H2,1-2H3,(H,14,18). The highest BCUT2D eigenvalue weighted by Gasteiger charge is 2.34. The molecule has 100 valence electrons. The normalized spacial score (nSPS) is 18.6. The van der Waals surface area contributed by atoms with E-state index in [-0.39, 0.29) is 11.3 Å². The molecule has 0 unspecified atom stereocenters. The lowest BCUT2D eigenvalue weighted by molar-refractivity contribution is -0.131. The van der Waals surface area contributed by atoms with Crippen molar-refractivity contribution in [2.24, 2.45) is 12.5 Å². The third-order valence-corrected chi connectivity index (χ3v) is 3.69. The summed E-state index contributed by atoms with van der Waals surface area (Å²) in [5.41, 5.74) is -0.217. The van der Waals surface area contributed by atoms with E-state index in [0.717, 1.165) is 38.2 Å². The summed E-state index contributed by atoms with van der Waals surface area (Å²) in [6.45, 7) is 4.51. The molecule has 6 nitrogen and oxygen atoms in total. The fourth-order valence-electron chi connectivity index (χ4n) is 2.24. The molecule has 6 heteroatoms. The van der Waals surface area contributed by atoms with Gasteiger partial charge in [-0.1, -0.05) is 6.92 Å². The lowest BCUT2D eigenvalue weighted by Crippen LogP contribution is -2.46. The maximum Gasteiger partial charge on any atom is 0.226 e. The number of carbonyl (C=O) groups excluding carboxylic acids is 1. The molecular weight excluding hydrogens is 230 g/mol. The minimum absolute atomic E-state index is 0.158. The first-order valence-electron chi connectivity index (χ1n) is 6.44. The molecule has 0 bridgehead atoms. The minimum atomic E-state index is -0.217. The zero-order valence-electron chi connectivity index (χ0n) is 11.1. The van der Waals surface area contributed by atoms with Crippen LogP contribution in [0.25, 0.3) is 0 Å². The summed E-state index contributed by atoms with van der Waals surface area (Å²) < 4.78 is 1.87. The third kappa shape index (κ3) is 2.87. The van der Waals surface area contributed by atoms with E-state index in [9.17, 15) is 4.79 Å². The smallest absolute Gasteiger partial charge is 0.226 e. The molecule has 1 aromatic heterocycles. The van der Waals surface area contributed by atoms with Crippen molar-refractivity contribution in [1.29, 1.82) is 0 Å². The van der Waals surface area contributed by atoms with Crippen molar-refractivity contribution < 1.29 is 4.79 Å². The van der Waals surface area contributed by atoms with Crippen LogP contribution >= 0.6 is 0 Å². The SMILES string of the molecule is Cn1cnnc1CCNC(=O)C1(C)CCNCC1. The molecule has 2 rings (SSSR count). The Kier molecular flexibility index (Phi) is 3.96. The van der Waals surface area contributed by atoms with Crippen molar-refractivity contribution in [3.8, 4) is 0 Å². The summed E-state index contributed by atoms with van der Waals surface area (Å²) in [7, 11) is 1.91. The van der Waals surface area contributed by atoms with Crippen LogP contribution < -0.4 is 10.6 Å². The Hall–Kier alpha value is -1.43. The maximum atomic E-state index is 12.2. The number of piperidine rings is 1. The first-order valence-corrected chi connectivity index (χ1v) is 6.44. The van der Waals surface area contributed by atoms with Gasteiger partial charge in [-0.25, -0.2) is 0 Å². The fourth-order valence-corrected chi connectivity index (χ4v) is 2.24. The number of nitrogens with zero attached hydrogens (tertiary/aromatic N) is 3. The van der Waals surface area contributed by atoms with Gasteiger partial charge in [-0.15, -0.1) is 10.2 Å². The number of rotatable bonds is 4. The van der Waals surface area contributed by atoms with Crippen LogP contribution in [0.15, 0.2) is 6.33 Å². The van der Waals surface area contributed by atoms with Crippen LogP contribution in [0.4, 0.5) is 0 Å². The number of hydrogen-bond acceptors (Lipinski definition) is 4. The van der Waals surface area contributed by atoms with Gasteiger partial charge in [0.05, 0.1) is 0 Å². The van der Waals surface area contributed by atoms with Crippen molar-refractivity contribution >= 4 is 5.91 Å². The molecule has 0 spiro atoms. The lowest BCUT2D eigenvalue weighted by atomic mass is 9.80.